The predicted octanol–water partition coefficient (Wildman–Crippen LogP) is 3.61. The normalized spacial score (nSPS) is 13.5. The summed E-state index contributed by atoms with van der Waals surface area (Å²) in [5, 5.41) is 0.985. The molecule has 0 saturated carbocycles. The van der Waals surface area contributed by atoms with Gasteiger partial charge in [0.05, 0.1) is 0 Å². The first-order chi connectivity index (χ1) is 10.6. The molecule has 0 N–H and O–H groups in total. The Morgan fingerprint density at radius 1 is 1.00 bits per heavy atom. The van der Waals surface area contributed by atoms with Crippen LogP contribution in [-0.2, 0) is 3.07 Å². The monoisotopic (exact) mass is 419 g/mol. The van der Waals surface area contributed by atoms with E-state index in [0.29, 0.717) is 5.69 Å². The molecule has 0 fully saturated rings. The first-order valence-corrected chi connectivity index (χ1v) is 16.0. The summed E-state index contributed by atoms with van der Waals surface area (Å²) in [6.45, 7) is 0. The van der Waals surface area contributed by atoms with E-state index in [9.17, 15) is 4.79 Å². The third kappa shape index (κ3) is 3.25. The molecule has 2 aromatic carbocycles. The fourth-order valence-electron chi connectivity index (χ4n) is 2.20. The zero-order valence-corrected chi connectivity index (χ0v) is 15.6. The molecule has 5 heteroatoms. The van der Waals surface area contributed by atoms with Crippen molar-refractivity contribution in [3.8, 4) is 0 Å². The summed E-state index contributed by atoms with van der Waals surface area (Å²) in [6.07, 6.45) is 0. The van der Waals surface area contributed by atoms with E-state index in [1.807, 2.05) is 65.6 Å². The van der Waals surface area contributed by atoms with E-state index in [0.717, 1.165) is 14.5 Å². The topological polar surface area (TPSA) is 39.2 Å². The van der Waals surface area contributed by atoms with E-state index in [-0.39, 0.29) is 0 Å². The molecule has 1 atom stereocenters. The quantitative estimate of drug-likeness (QED) is 0.610. The molecule has 0 saturated heterocycles. The molecule has 0 spiro atoms. The number of fused-ring (bicyclic) bond motifs is 1. The summed E-state index contributed by atoms with van der Waals surface area (Å²) in [6, 6.07) is 20.7. The number of halogens is 1. The number of aromatic nitrogens is 1. The van der Waals surface area contributed by atoms with Crippen molar-refractivity contribution in [2.24, 2.45) is 0 Å². The van der Waals surface area contributed by atoms with Gasteiger partial charge in [-0.2, -0.15) is 0 Å². The zero-order chi connectivity index (χ0) is 15.6. The molecule has 0 bridgehead atoms. The third-order valence-corrected chi connectivity index (χ3v) is 10.9. The number of benzene rings is 2. The van der Waals surface area contributed by atoms with Gasteiger partial charge in [-0.3, -0.25) is 0 Å². The Balaban J connectivity index is 1.86. The molecule has 0 aliphatic carbocycles. The summed E-state index contributed by atoms with van der Waals surface area (Å²) < 4.78 is 6.56. The van der Waals surface area contributed by atoms with Crippen LogP contribution in [0.5, 0.6) is 0 Å². The van der Waals surface area contributed by atoms with Gasteiger partial charge in [0.2, 0.25) is 0 Å². The Labute approximate surface area is 137 Å². The van der Waals surface area contributed by atoms with Crippen LogP contribution in [0.1, 0.15) is 10.5 Å². The van der Waals surface area contributed by atoms with Crippen molar-refractivity contribution in [3.63, 3.8) is 0 Å². The summed E-state index contributed by atoms with van der Waals surface area (Å²) in [5.74, 6) is -0.456. The molecule has 1 unspecified atom stereocenters. The van der Waals surface area contributed by atoms with Gasteiger partial charge in [-0.25, -0.2) is 0 Å². The van der Waals surface area contributed by atoms with Crippen LogP contribution in [0.15, 0.2) is 66.7 Å². The molecule has 22 heavy (non-hydrogen) atoms. The third-order valence-electron chi connectivity index (χ3n) is 3.38. The molecule has 1 heterocycles. The standard InChI is InChI=1S/C10H7NO2.C6H5.CH3.ClH.Sn/c12-10(13)9-6-5-7-3-1-2-4-8(7)11-9;1-2-4-6-5-3-1;;;/h1-6H,(H,12,13);1-5H;1H3;1H;/q;;;;+2/p-2. The molecule has 0 aliphatic heterocycles. The Morgan fingerprint density at radius 3 is 2.45 bits per heavy atom. The summed E-state index contributed by atoms with van der Waals surface area (Å²) in [7, 11) is 6.56. The SMILES string of the molecule is [CH3][Sn]([Cl])([O]C(=O)c1ccc2ccccc2n1)[c]1ccccc1. The van der Waals surface area contributed by atoms with Crippen molar-refractivity contribution >= 4 is 47.0 Å². The number of carbonyl (C=O) groups is 1. The van der Waals surface area contributed by atoms with E-state index >= 15 is 0 Å². The van der Waals surface area contributed by atoms with Gasteiger partial charge < -0.3 is 0 Å². The van der Waals surface area contributed by atoms with Crippen LogP contribution in [0.4, 0.5) is 0 Å². The Morgan fingerprint density at radius 2 is 1.68 bits per heavy atom. The van der Waals surface area contributed by atoms with Crippen LogP contribution in [0.2, 0.25) is 4.94 Å². The van der Waals surface area contributed by atoms with Crippen molar-refractivity contribution in [3.05, 3.63) is 72.4 Å². The molecule has 3 nitrogen and oxygen atoms in total. The van der Waals surface area contributed by atoms with Gasteiger partial charge in [0.25, 0.3) is 0 Å². The van der Waals surface area contributed by atoms with Crippen LogP contribution in [-0.4, -0.2) is 28.6 Å². The number of hydrogen-bond donors (Lipinski definition) is 0. The van der Waals surface area contributed by atoms with Crippen molar-refractivity contribution in [2.45, 2.75) is 4.94 Å². The van der Waals surface area contributed by atoms with Crippen molar-refractivity contribution in [2.75, 3.05) is 0 Å². The first-order valence-electron chi connectivity index (χ1n) is 6.90. The van der Waals surface area contributed by atoms with Crippen molar-refractivity contribution in [1.82, 2.24) is 4.98 Å². The fraction of sp³-hybridized carbons (Fsp3) is 0.0588. The molecule has 0 aliphatic rings. The Bertz CT molecular complexity index is 821. The molecule has 1 aromatic heterocycles. The number of rotatable bonds is 3. The van der Waals surface area contributed by atoms with Crippen molar-refractivity contribution < 1.29 is 7.87 Å². The minimum absolute atomic E-state index is 0.290. The van der Waals surface area contributed by atoms with Gasteiger partial charge in [-0.15, -0.1) is 0 Å². The molecule has 3 rings (SSSR count). The van der Waals surface area contributed by atoms with E-state index in [4.69, 9.17) is 12.0 Å². The molecule has 110 valence electrons. The van der Waals surface area contributed by atoms with E-state index < -0.39 is 23.6 Å². The van der Waals surface area contributed by atoms with E-state index in [2.05, 4.69) is 4.98 Å². The fourth-order valence-corrected chi connectivity index (χ4v) is 7.39. The van der Waals surface area contributed by atoms with Crippen LogP contribution in [0.3, 0.4) is 0 Å². The molecular weight excluding hydrogens is 404 g/mol. The molecule has 0 amide bonds. The van der Waals surface area contributed by atoms with Crippen LogP contribution in [0, 0.1) is 0 Å². The maximum atomic E-state index is 12.4. The van der Waals surface area contributed by atoms with E-state index in [1.165, 1.54) is 0 Å². The number of hydrogen-bond acceptors (Lipinski definition) is 3. The van der Waals surface area contributed by atoms with Crippen LogP contribution in [0.25, 0.3) is 10.9 Å². The number of nitrogens with zero attached hydrogens (tertiary/aromatic N) is 1. The summed E-state index contributed by atoms with van der Waals surface area (Å²) in [4.78, 5) is 18.6. The summed E-state index contributed by atoms with van der Waals surface area (Å²) >= 11 is -3.62. The second-order valence-corrected chi connectivity index (χ2v) is 17.4. The Kier molecular flexibility index (Phi) is 4.36. The molecule has 0 radical (unpaired) electrons. The number of carbonyl (C=O) groups excluding carboxylic acids is 1. The number of pyridine rings is 1. The second-order valence-electron chi connectivity index (χ2n) is 5.06. The van der Waals surface area contributed by atoms with Gasteiger partial charge in [0, 0.05) is 0 Å². The predicted molar refractivity (Wildman–Crippen MR) is 90.7 cm³/mol. The zero-order valence-electron chi connectivity index (χ0n) is 12.0. The average molecular weight is 418 g/mol. The van der Waals surface area contributed by atoms with Crippen LogP contribution < -0.4 is 3.58 Å². The van der Waals surface area contributed by atoms with Gasteiger partial charge in [0.15, 0.2) is 0 Å². The average Bonchev–Trinajstić information content (AvgIpc) is 2.55. The second kappa shape index (κ2) is 6.26. The van der Waals surface area contributed by atoms with Gasteiger partial charge >= 0.3 is 137 Å². The molecular formula is C17H14ClNO2Sn. The Hall–Kier alpha value is -1.59. The molecule has 3 aromatic rings. The maximum absolute atomic E-state index is 12.4. The van der Waals surface area contributed by atoms with Gasteiger partial charge in [-0.1, -0.05) is 0 Å². The summed E-state index contributed by atoms with van der Waals surface area (Å²) in [5.41, 5.74) is 1.06. The number of para-hydroxylation sites is 1. The van der Waals surface area contributed by atoms with Crippen LogP contribution >= 0.6 is 8.92 Å². The van der Waals surface area contributed by atoms with Gasteiger partial charge in [0.1, 0.15) is 0 Å². The van der Waals surface area contributed by atoms with Gasteiger partial charge in [-0.05, 0) is 0 Å². The minimum atomic E-state index is -3.62. The van der Waals surface area contributed by atoms with E-state index in [1.54, 1.807) is 6.07 Å². The van der Waals surface area contributed by atoms with Crippen molar-refractivity contribution in [1.29, 1.82) is 0 Å². The first kappa shape index (κ1) is 15.3.